The van der Waals surface area contributed by atoms with Gasteiger partial charge in [0.15, 0.2) is 0 Å². The Morgan fingerprint density at radius 3 is 2.44 bits per heavy atom. The standard InChI is InChI=1S/C12H21NO3/c1-9(2)10(14)7-6-8-13-11(15)16-12(3,4)5/h9-10,14H,8H2,1-5H3,(H,13,15). The van der Waals surface area contributed by atoms with Gasteiger partial charge in [-0.25, -0.2) is 4.79 Å². The first-order chi connectivity index (χ1) is 7.22. The summed E-state index contributed by atoms with van der Waals surface area (Å²) in [4.78, 5) is 11.2. The molecule has 0 aromatic heterocycles. The number of nitrogens with one attached hydrogen (secondary N) is 1. The van der Waals surface area contributed by atoms with Gasteiger partial charge in [0, 0.05) is 0 Å². The third-order valence-corrected chi connectivity index (χ3v) is 1.60. The van der Waals surface area contributed by atoms with Crippen LogP contribution in [0.15, 0.2) is 0 Å². The zero-order chi connectivity index (χ0) is 12.8. The first kappa shape index (κ1) is 14.8. The fourth-order valence-corrected chi connectivity index (χ4v) is 0.753. The largest absolute Gasteiger partial charge is 0.444 e. The summed E-state index contributed by atoms with van der Waals surface area (Å²) in [6.07, 6.45) is -1.15. The molecule has 0 aliphatic carbocycles. The summed E-state index contributed by atoms with van der Waals surface area (Å²) < 4.78 is 5.01. The third kappa shape index (κ3) is 8.13. The molecule has 2 N–H and O–H groups in total. The summed E-state index contributed by atoms with van der Waals surface area (Å²) in [6, 6.07) is 0. The molecule has 0 heterocycles. The van der Waals surface area contributed by atoms with Crippen LogP contribution in [0, 0.1) is 17.8 Å². The maximum absolute atomic E-state index is 11.2. The number of carbonyl (C=O) groups is 1. The number of carbonyl (C=O) groups excluding carboxylic acids is 1. The highest BCUT2D eigenvalue weighted by atomic mass is 16.6. The van der Waals surface area contributed by atoms with Crippen LogP contribution in [-0.4, -0.2) is 29.4 Å². The normalized spacial score (nSPS) is 12.7. The Balaban J connectivity index is 3.86. The smallest absolute Gasteiger partial charge is 0.408 e. The van der Waals surface area contributed by atoms with E-state index in [1.807, 2.05) is 13.8 Å². The van der Waals surface area contributed by atoms with E-state index in [1.54, 1.807) is 20.8 Å². The van der Waals surface area contributed by atoms with Crippen LogP contribution in [0.5, 0.6) is 0 Å². The van der Waals surface area contributed by atoms with Crippen molar-refractivity contribution in [3.8, 4) is 11.8 Å². The molecule has 0 aromatic rings. The molecule has 0 aliphatic heterocycles. The molecule has 0 rings (SSSR count). The van der Waals surface area contributed by atoms with Crippen molar-refractivity contribution in [3.63, 3.8) is 0 Å². The average molecular weight is 227 g/mol. The van der Waals surface area contributed by atoms with E-state index in [-0.39, 0.29) is 12.5 Å². The molecule has 0 saturated heterocycles. The second kappa shape index (κ2) is 6.39. The first-order valence-electron chi connectivity index (χ1n) is 5.35. The molecule has 0 fully saturated rings. The quantitative estimate of drug-likeness (QED) is 0.703. The summed E-state index contributed by atoms with van der Waals surface area (Å²) in [5.74, 6) is 5.40. The van der Waals surface area contributed by atoms with Gasteiger partial charge in [0.05, 0.1) is 6.54 Å². The van der Waals surface area contributed by atoms with E-state index >= 15 is 0 Å². The van der Waals surface area contributed by atoms with Crippen LogP contribution in [0.3, 0.4) is 0 Å². The molecule has 92 valence electrons. The molecule has 0 bridgehead atoms. The number of aliphatic hydroxyl groups excluding tert-OH is 1. The number of aliphatic hydroxyl groups is 1. The fourth-order valence-electron chi connectivity index (χ4n) is 0.753. The molecule has 0 aromatic carbocycles. The van der Waals surface area contributed by atoms with E-state index in [1.165, 1.54) is 0 Å². The number of hydrogen-bond acceptors (Lipinski definition) is 3. The first-order valence-corrected chi connectivity index (χ1v) is 5.35. The van der Waals surface area contributed by atoms with Crippen molar-refractivity contribution in [3.05, 3.63) is 0 Å². The van der Waals surface area contributed by atoms with Crippen molar-refractivity contribution in [2.45, 2.75) is 46.3 Å². The van der Waals surface area contributed by atoms with E-state index in [0.29, 0.717) is 0 Å². The monoisotopic (exact) mass is 227 g/mol. The van der Waals surface area contributed by atoms with Crippen molar-refractivity contribution in [1.82, 2.24) is 5.32 Å². The highest BCUT2D eigenvalue weighted by molar-refractivity contribution is 5.67. The topological polar surface area (TPSA) is 58.6 Å². The van der Waals surface area contributed by atoms with Crippen molar-refractivity contribution >= 4 is 6.09 Å². The minimum Gasteiger partial charge on any atom is -0.444 e. The van der Waals surface area contributed by atoms with Gasteiger partial charge in [-0.2, -0.15) is 0 Å². The lowest BCUT2D eigenvalue weighted by Crippen LogP contribution is -2.32. The predicted molar refractivity (Wildman–Crippen MR) is 62.9 cm³/mol. The Morgan fingerprint density at radius 1 is 1.44 bits per heavy atom. The maximum atomic E-state index is 11.2. The van der Waals surface area contributed by atoms with Gasteiger partial charge in [-0.15, -0.1) is 0 Å². The lowest BCUT2D eigenvalue weighted by molar-refractivity contribution is 0.0535. The summed E-state index contributed by atoms with van der Waals surface area (Å²) >= 11 is 0. The molecular weight excluding hydrogens is 206 g/mol. The highest BCUT2D eigenvalue weighted by Crippen LogP contribution is 2.05. The van der Waals surface area contributed by atoms with Gasteiger partial charge < -0.3 is 15.2 Å². The summed E-state index contributed by atoms with van der Waals surface area (Å²) in [5, 5.41) is 11.8. The van der Waals surface area contributed by atoms with Crippen LogP contribution in [0.25, 0.3) is 0 Å². The summed E-state index contributed by atoms with van der Waals surface area (Å²) in [5.41, 5.74) is -0.505. The second-order valence-electron chi connectivity index (χ2n) is 4.87. The Morgan fingerprint density at radius 2 is 2.00 bits per heavy atom. The molecule has 1 amide bonds. The molecular formula is C12H21NO3. The van der Waals surface area contributed by atoms with Crippen LogP contribution in [0.2, 0.25) is 0 Å². The molecule has 0 spiro atoms. The minimum atomic E-state index is -0.652. The number of ether oxygens (including phenoxy) is 1. The molecule has 4 nitrogen and oxygen atoms in total. The molecule has 16 heavy (non-hydrogen) atoms. The minimum absolute atomic E-state index is 0.0917. The molecule has 0 saturated carbocycles. The molecule has 4 heteroatoms. The van der Waals surface area contributed by atoms with Gasteiger partial charge in [0.2, 0.25) is 0 Å². The Bertz CT molecular complexity index is 281. The van der Waals surface area contributed by atoms with Crippen LogP contribution in [0.1, 0.15) is 34.6 Å². The van der Waals surface area contributed by atoms with Gasteiger partial charge in [-0.1, -0.05) is 25.7 Å². The number of hydrogen-bond donors (Lipinski definition) is 2. The van der Waals surface area contributed by atoms with Crippen LogP contribution < -0.4 is 5.32 Å². The average Bonchev–Trinajstić information content (AvgIpc) is 2.08. The second-order valence-corrected chi connectivity index (χ2v) is 4.87. The summed E-state index contributed by atoms with van der Waals surface area (Å²) in [6.45, 7) is 9.31. The van der Waals surface area contributed by atoms with E-state index in [4.69, 9.17) is 4.74 Å². The van der Waals surface area contributed by atoms with Crippen molar-refractivity contribution < 1.29 is 14.6 Å². The van der Waals surface area contributed by atoms with Crippen molar-refractivity contribution in [1.29, 1.82) is 0 Å². The zero-order valence-corrected chi connectivity index (χ0v) is 10.6. The van der Waals surface area contributed by atoms with E-state index in [9.17, 15) is 9.90 Å². The Hall–Kier alpha value is -1.21. The van der Waals surface area contributed by atoms with Gasteiger partial charge in [-0.3, -0.25) is 0 Å². The fraction of sp³-hybridized carbons (Fsp3) is 0.750. The SMILES string of the molecule is CC(C)C(O)C#CCNC(=O)OC(C)(C)C. The number of amides is 1. The third-order valence-electron chi connectivity index (χ3n) is 1.60. The molecule has 0 radical (unpaired) electrons. The molecule has 0 aliphatic rings. The van der Waals surface area contributed by atoms with Crippen LogP contribution in [-0.2, 0) is 4.74 Å². The summed E-state index contributed by atoms with van der Waals surface area (Å²) in [7, 11) is 0. The highest BCUT2D eigenvalue weighted by Gasteiger charge is 2.15. The number of alkyl carbamates (subject to hydrolysis) is 1. The van der Waals surface area contributed by atoms with E-state index < -0.39 is 17.8 Å². The Kier molecular flexibility index (Phi) is 5.91. The predicted octanol–water partition coefficient (Wildman–Crippen LogP) is 1.53. The van der Waals surface area contributed by atoms with Gasteiger partial charge in [0.1, 0.15) is 11.7 Å². The van der Waals surface area contributed by atoms with E-state index in [2.05, 4.69) is 17.2 Å². The van der Waals surface area contributed by atoms with Gasteiger partial charge in [0.25, 0.3) is 0 Å². The van der Waals surface area contributed by atoms with Crippen LogP contribution in [0.4, 0.5) is 4.79 Å². The maximum Gasteiger partial charge on any atom is 0.408 e. The van der Waals surface area contributed by atoms with Crippen molar-refractivity contribution in [2.24, 2.45) is 5.92 Å². The Labute approximate surface area is 97.4 Å². The zero-order valence-electron chi connectivity index (χ0n) is 10.6. The van der Waals surface area contributed by atoms with Crippen LogP contribution >= 0.6 is 0 Å². The lowest BCUT2D eigenvalue weighted by Gasteiger charge is -2.19. The van der Waals surface area contributed by atoms with Gasteiger partial charge >= 0.3 is 6.09 Å². The van der Waals surface area contributed by atoms with Crippen molar-refractivity contribution in [2.75, 3.05) is 6.54 Å². The van der Waals surface area contributed by atoms with E-state index in [0.717, 1.165) is 0 Å². The lowest BCUT2D eigenvalue weighted by atomic mass is 10.1. The molecule has 1 atom stereocenters. The molecule has 1 unspecified atom stereocenters. The van der Waals surface area contributed by atoms with Gasteiger partial charge in [-0.05, 0) is 26.7 Å². The number of rotatable bonds is 2.